The Bertz CT molecular complexity index is 867. The van der Waals surface area contributed by atoms with Gasteiger partial charge in [0.25, 0.3) is 0 Å². The summed E-state index contributed by atoms with van der Waals surface area (Å²) < 4.78 is 18.7. The number of carboxylic acids is 1. The SMILES string of the molecule is Cc1sc(NC(=O)[C@@H]2[C@@H](C(=O)O)[C@H]3CC[C@H]2O3)nc1-c1ccc(F)cc1. The number of nitrogens with zero attached hydrogens (tertiary/aromatic N) is 1. The van der Waals surface area contributed by atoms with Crippen LogP contribution in [0.3, 0.4) is 0 Å². The van der Waals surface area contributed by atoms with E-state index in [-0.39, 0.29) is 23.9 Å². The van der Waals surface area contributed by atoms with E-state index in [4.69, 9.17) is 4.74 Å². The number of nitrogens with one attached hydrogen (secondary N) is 1. The molecule has 4 rings (SSSR count). The summed E-state index contributed by atoms with van der Waals surface area (Å²) in [6.45, 7) is 1.87. The van der Waals surface area contributed by atoms with Gasteiger partial charge in [-0.1, -0.05) is 0 Å². The third-order valence-electron chi connectivity index (χ3n) is 5.01. The molecule has 2 aliphatic rings. The van der Waals surface area contributed by atoms with Gasteiger partial charge < -0.3 is 15.2 Å². The van der Waals surface area contributed by atoms with Crippen molar-refractivity contribution in [2.75, 3.05) is 5.32 Å². The van der Waals surface area contributed by atoms with Crippen LogP contribution >= 0.6 is 11.3 Å². The van der Waals surface area contributed by atoms with Gasteiger partial charge in [-0.05, 0) is 44.0 Å². The first-order valence-corrected chi connectivity index (χ1v) is 9.18. The molecule has 2 aliphatic heterocycles. The zero-order valence-electron chi connectivity index (χ0n) is 13.9. The van der Waals surface area contributed by atoms with Crippen LogP contribution in [-0.2, 0) is 14.3 Å². The largest absolute Gasteiger partial charge is 0.481 e. The van der Waals surface area contributed by atoms with Crippen LogP contribution in [0.2, 0.25) is 0 Å². The molecule has 4 atom stereocenters. The summed E-state index contributed by atoms with van der Waals surface area (Å²) in [5.41, 5.74) is 1.43. The fourth-order valence-electron chi connectivity index (χ4n) is 3.84. The summed E-state index contributed by atoms with van der Waals surface area (Å²) in [5.74, 6) is -3.22. The van der Waals surface area contributed by atoms with Gasteiger partial charge in [-0.3, -0.25) is 9.59 Å². The Balaban J connectivity index is 1.54. The van der Waals surface area contributed by atoms with Gasteiger partial charge in [0.2, 0.25) is 5.91 Å². The number of carbonyl (C=O) groups excluding carboxylic acids is 1. The van der Waals surface area contributed by atoms with E-state index in [1.807, 2.05) is 6.92 Å². The number of ether oxygens (including phenoxy) is 1. The first-order chi connectivity index (χ1) is 12.4. The molecular formula is C18H17FN2O4S. The molecule has 1 amide bonds. The van der Waals surface area contributed by atoms with E-state index >= 15 is 0 Å². The van der Waals surface area contributed by atoms with Crippen molar-refractivity contribution in [1.29, 1.82) is 0 Å². The number of halogens is 1. The lowest BCUT2D eigenvalue weighted by molar-refractivity contribution is -0.147. The summed E-state index contributed by atoms with van der Waals surface area (Å²) in [6, 6.07) is 5.98. The van der Waals surface area contributed by atoms with Crippen molar-refractivity contribution in [3.8, 4) is 11.3 Å². The molecule has 2 saturated heterocycles. The zero-order valence-corrected chi connectivity index (χ0v) is 14.8. The van der Waals surface area contributed by atoms with Crippen LogP contribution in [0.5, 0.6) is 0 Å². The predicted molar refractivity (Wildman–Crippen MR) is 93.4 cm³/mol. The second-order valence-electron chi connectivity index (χ2n) is 6.60. The van der Waals surface area contributed by atoms with Crippen LogP contribution in [0.4, 0.5) is 9.52 Å². The number of aromatic nitrogens is 1. The number of thiazole rings is 1. The number of carbonyl (C=O) groups is 2. The smallest absolute Gasteiger partial charge is 0.310 e. The van der Waals surface area contributed by atoms with Crippen LogP contribution in [-0.4, -0.2) is 34.2 Å². The second kappa shape index (κ2) is 6.44. The molecular weight excluding hydrogens is 359 g/mol. The quantitative estimate of drug-likeness (QED) is 0.856. The molecule has 0 saturated carbocycles. The van der Waals surface area contributed by atoms with Crippen LogP contribution in [0.1, 0.15) is 17.7 Å². The van der Waals surface area contributed by atoms with Crippen molar-refractivity contribution in [2.45, 2.75) is 32.0 Å². The summed E-state index contributed by atoms with van der Waals surface area (Å²) in [4.78, 5) is 29.5. The van der Waals surface area contributed by atoms with Crippen molar-refractivity contribution >= 4 is 28.3 Å². The Kier molecular flexibility index (Phi) is 4.24. The molecule has 2 aromatic rings. The highest BCUT2D eigenvalue weighted by atomic mass is 32.1. The number of aryl methyl sites for hydroxylation is 1. The van der Waals surface area contributed by atoms with Crippen molar-refractivity contribution < 1.29 is 23.8 Å². The molecule has 3 heterocycles. The standard InChI is InChI=1S/C18H17FN2O4S/c1-8-15(9-2-4-10(19)5-3-9)20-18(26-8)21-16(22)13-11-6-7-12(25-11)14(13)17(23)24/h2-5,11-14H,6-7H2,1H3,(H,23,24)(H,20,21,22)/t11-,12-,13+,14+/m1/s1. The molecule has 6 nitrogen and oxygen atoms in total. The van der Waals surface area contributed by atoms with E-state index in [2.05, 4.69) is 10.3 Å². The third kappa shape index (κ3) is 2.89. The van der Waals surface area contributed by atoms with Gasteiger partial charge in [0, 0.05) is 10.4 Å². The highest BCUT2D eigenvalue weighted by Crippen LogP contribution is 2.44. The normalized spacial score (nSPS) is 26.8. The molecule has 2 N–H and O–H groups in total. The number of hydrogen-bond donors (Lipinski definition) is 2. The first kappa shape index (κ1) is 17.1. The molecule has 0 aliphatic carbocycles. The highest BCUT2D eigenvalue weighted by molar-refractivity contribution is 7.16. The number of aliphatic carboxylic acids is 1. The molecule has 8 heteroatoms. The number of benzene rings is 1. The Labute approximate surface area is 153 Å². The molecule has 0 spiro atoms. The van der Waals surface area contributed by atoms with Gasteiger partial charge in [0.15, 0.2) is 5.13 Å². The molecule has 136 valence electrons. The molecule has 26 heavy (non-hydrogen) atoms. The average molecular weight is 376 g/mol. The monoisotopic (exact) mass is 376 g/mol. The molecule has 0 radical (unpaired) electrons. The fourth-order valence-corrected chi connectivity index (χ4v) is 4.68. The van der Waals surface area contributed by atoms with E-state index in [0.717, 1.165) is 10.4 Å². The Morgan fingerprint density at radius 2 is 1.88 bits per heavy atom. The minimum atomic E-state index is -1.00. The molecule has 1 aromatic heterocycles. The molecule has 1 aromatic carbocycles. The number of hydrogen-bond acceptors (Lipinski definition) is 5. The van der Waals surface area contributed by atoms with Crippen molar-refractivity contribution in [3.05, 3.63) is 35.0 Å². The van der Waals surface area contributed by atoms with E-state index in [1.54, 1.807) is 12.1 Å². The molecule has 2 fully saturated rings. The van der Waals surface area contributed by atoms with Crippen molar-refractivity contribution in [3.63, 3.8) is 0 Å². The lowest BCUT2D eigenvalue weighted by Gasteiger charge is -2.23. The molecule has 0 unspecified atom stereocenters. The van der Waals surface area contributed by atoms with Gasteiger partial charge in [-0.25, -0.2) is 9.37 Å². The Morgan fingerprint density at radius 3 is 2.54 bits per heavy atom. The fraction of sp³-hybridized carbons (Fsp3) is 0.389. The van der Waals surface area contributed by atoms with Gasteiger partial charge in [-0.2, -0.15) is 0 Å². The predicted octanol–water partition coefficient (Wildman–Crippen LogP) is 3.07. The zero-order chi connectivity index (χ0) is 18.4. The number of fused-ring (bicyclic) bond motifs is 2. The van der Waals surface area contributed by atoms with Gasteiger partial charge in [0.05, 0.1) is 29.7 Å². The van der Waals surface area contributed by atoms with E-state index in [0.29, 0.717) is 23.7 Å². The minimum absolute atomic E-state index is 0.328. The third-order valence-corrected chi connectivity index (χ3v) is 5.89. The minimum Gasteiger partial charge on any atom is -0.481 e. The number of rotatable bonds is 4. The van der Waals surface area contributed by atoms with Gasteiger partial charge >= 0.3 is 5.97 Å². The van der Waals surface area contributed by atoms with Crippen LogP contribution in [0, 0.1) is 24.6 Å². The van der Waals surface area contributed by atoms with Crippen LogP contribution in [0.25, 0.3) is 11.3 Å². The summed E-state index contributed by atoms with van der Waals surface area (Å²) in [6.07, 6.45) is 0.639. The Morgan fingerprint density at radius 1 is 1.23 bits per heavy atom. The maximum Gasteiger partial charge on any atom is 0.310 e. The van der Waals surface area contributed by atoms with Gasteiger partial charge in [0.1, 0.15) is 5.82 Å². The Hall–Kier alpha value is -2.32. The summed E-state index contributed by atoms with van der Waals surface area (Å²) >= 11 is 1.31. The summed E-state index contributed by atoms with van der Waals surface area (Å²) in [7, 11) is 0. The lowest BCUT2D eigenvalue weighted by Crippen LogP contribution is -2.40. The number of amides is 1. The van der Waals surface area contributed by atoms with Crippen molar-refractivity contribution in [2.24, 2.45) is 11.8 Å². The van der Waals surface area contributed by atoms with Crippen LogP contribution < -0.4 is 5.32 Å². The number of carboxylic acid groups (broad SMARTS) is 1. The lowest BCUT2D eigenvalue weighted by atomic mass is 9.79. The number of anilines is 1. The van der Waals surface area contributed by atoms with Gasteiger partial charge in [-0.15, -0.1) is 11.3 Å². The molecule has 2 bridgehead atoms. The highest BCUT2D eigenvalue weighted by Gasteiger charge is 2.55. The maximum atomic E-state index is 13.1. The second-order valence-corrected chi connectivity index (χ2v) is 7.80. The van der Waals surface area contributed by atoms with E-state index < -0.39 is 17.8 Å². The van der Waals surface area contributed by atoms with E-state index in [9.17, 15) is 19.1 Å². The average Bonchev–Trinajstić information content (AvgIpc) is 3.29. The first-order valence-electron chi connectivity index (χ1n) is 8.36. The van der Waals surface area contributed by atoms with E-state index in [1.165, 1.54) is 23.5 Å². The van der Waals surface area contributed by atoms with Crippen LogP contribution in [0.15, 0.2) is 24.3 Å². The maximum absolute atomic E-state index is 13.1. The van der Waals surface area contributed by atoms with Crippen molar-refractivity contribution in [1.82, 2.24) is 4.98 Å². The topological polar surface area (TPSA) is 88.5 Å². The summed E-state index contributed by atoms with van der Waals surface area (Å²) in [5, 5.41) is 12.6.